The second-order valence-electron chi connectivity index (χ2n) is 11.8. The van der Waals surface area contributed by atoms with Gasteiger partial charge in [-0.05, 0) is 52.5 Å². The van der Waals surface area contributed by atoms with E-state index in [1.165, 1.54) is 0 Å². The summed E-state index contributed by atoms with van der Waals surface area (Å²) >= 11 is 0. The zero-order chi connectivity index (χ0) is 28.7. The first-order chi connectivity index (χ1) is 19.7. The van der Waals surface area contributed by atoms with E-state index in [9.17, 15) is 4.79 Å². The van der Waals surface area contributed by atoms with Crippen molar-refractivity contribution in [3.63, 3.8) is 0 Å². The summed E-state index contributed by atoms with van der Waals surface area (Å²) in [5, 5.41) is 4.53. The third kappa shape index (κ3) is 5.31. The maximum Gasteiger partial charge on any atom is 0.410 e. The molecular weight excluding hydrogens is 520 g/mol. The monoisotopic (exact) mass is 556 g/mol. The van der Waals surface area contributed by atoms with E-state index >= 15 is 0 Å². The Labute approximate surface area is 239 Å². The Morgan fingerprint density at radius 1 is 1.05 bits per heavy atom. The van der Waals surface area contributed by atoms with Crippen LogP contribution >= 0.6 is 0 Å². The molecule has 3 atom stereocenters. The van der Waals surface area contributed by atoms with Gasteiger partial charge in [-0.1, -0.05) is 30.3 Å². The van der Waals surface area contributed by atoms with Crippen LogP contribution in [0.2, 0.25) is 0 Å². The van der Waals surface area contributed by atoms with Crippen LogP contribution in [0.3, 0.4) is 0 Å². The molecule has 0 spiro atoms. The van der Waals surface area contributed by atoms with Crippen LogP contribution in [-0.4, -0.2) is 62.2 Å². The van der Waals surface area contributed by atoms with E-state index in [1.54, 1.807) is 17.8 Å². The molecule has 4 aromatic rings. The highest BCUT2D eigenvalue weighted by Gasteiger charge is 2.45. The lowest BCUT2D eigenvalue weighted by Crippen LogP contribution is -2.48. The van der Waals surface area contributed by atoms with Gasteiger partial charge in [0, 0.05) is 59.8 Å². The molecule has 6 rings (SSSR count). The molecule has 3 aromatic heterocycles. The van der Waals surface area contributed by atoms with Crippen LogP contribution in [0.5, 0.6) is 5.75 Å². The molecule has 0 aliphatic carbocycles. The van der Waals surface area contributed by atoms with E-state index in [0.717, 1.165) is 53.8 Å². The van der Waals surface area contributed by atoms with E-state index in [1.807, 2.05) is 74.3 Å². The lowest BCUT2D eigenvalue weighted by atomic mass is 9.88. The summed E-state index contributed by atoms with van der Waals surface area (Å²) in [6, 6.07) is 14.0. The number of hydrogen-bond donors (Lipinski definition) is 1. The Kier molecular flexibility index (Phi) is 7.03. The molecule has 10 nitrogen and oxygen atoms in total. The highest BCUT2D eigenvalue weighted by atomic mass is 16.7. The number of carbonyl (C=O) groups is 1. The number of fused-ring (bicyclic) bond motifs is 3. The molecule has 1 amide bonds. The quantitative estimate of drug-likeness (QED) is 0.302. The first-order valence-electron chi connectivity index (χ1n) is 14.0. The molecule has 2 bridgehead atoms. The van der Waals surface area contributed by atoms with Gasteiger partial charge in [0.05, 0.1) is 6.20 Å². The van der Waals surface area contributed by atoms with E-state index in [0.29, 0.717) is 17.2 Å². The third-order valence-electron chi connectivity index (χ3n) is 7.82. The predicted octanol–water partition coefficient (Wildman–Crippen LogP) is 5.67. The molecule has 0 saturated carbocycles. The molecule has 1 aromatic carbocycles. The molecule has 2 aliphatic heterocycles. The first kappa shape index (κ1) is 27.0. The molecular formula is C31H36N6O4. The zero-order valence-corrected chi connectivity index (χ0v) is 23.9. The van der Waals surface area contributed by atoms with Crippen molar-refractivity contribution >= 4 is 17.6 Å². The zero-order valence-electron chi connectivity index (χ0n) is 23.9. The van der Waals surface area contributed by atoms with E-state index in [2.05, 4.69) is 5.10 Å². The minimum Gasteiger partial charge on any atom is -0.465 e. The summed E-state index contributed by atoms with van der Waals surface area (Å²) in [4.78, 5) is 24.7. The minimum absolute atomic E-state index is 0.0966. The van der Waals surface area contributed by atoms with E-state index in [4.69, 9.17) is 29.9 Å². The van der Waals surface area contributed by atoms with Crippen molar-refractivity contribution in [1.29, 1.82) is 0 Å². The molecule has 2 saturated heterocycles. The number of nitrogen functional groups attached to an aromatic ring is 1. The summed E-state index contributed by atoms with van der Waals surface area (Å²) in [7, 11) is 1.59. The molecule has 0 radical (unpaired) electrons. The summed E-state index contributed by atoms with van der Waals surface area (Å²) < 4.78 is 18.5. The molecule has 2 unspecified atom stereocenters. The summed E-state index contributed by atoms with van der Waals surface area (Å²) in [5.74, 6) is 1.30. The number of rotatable bonds is 6. The number of aromatic nitrogens is 4. The van der Waals surface area contributed by atoms with Gasteiger partial charge in [-0.2, -0.15) is 9.61 Å². The fraction of sp³-hybridized carbons (Fsp3) is 0.419. The number of pyridine rings is 1. The Morgan fingerprint density at radius 3 is 2.46 bits per heavy atom. The van der Waals surface area contributed by atoms with Crippen LogP contribution in [0.15, 0.2) is 54.9 Å². The Balaban J connectivity index is 1.32. The van der Waals surface area contributed by atoms with Gasteiger partial charge >= 0.3 is 6.09 Å². The Hall–Kier alpha value is -4.18. The fourth-order valence-electron chi connectivity index (χ4n) is 6.09. The maximum absolute atomic E-state index is 13.0. The Bertz CT molecular complexity index is 1550. The summed E-state index contributed by atoms with van der Waals surface area (Å²) in [5.41, 5.74) is 10.9. The summed E-state index contributed by atoms with van der Waals surface area (Å²) in [6.45, 7) is 5.81. The molecule has 2 N–H and O–H groups in total. The standard InChI is InChI=1S/C31H36N6O4/c1-31(2,3)41-30(38)36-22-10-11-23(36)13-20(12-22)25-15-27(32)37-29(35-25)24(17-34-37)21-14-26(40-18-39-4)28(33-16-21)19-8-6-5-7-9-19/h5-9,14-17,20,22-23H,10-13,18,32H2,1-4H3/t20?,22-,23?/m1/s1. The van der Waals surface area contributed by atoms with Crippen LogP contribution in [0, 0.1) is 0 Å². The molecule has 10 heteroatoms. The van der Waals surface area contributed by atoms with Gasteiger partial charge in [-0.25, -0.2) is 9.78 Å². The van der Waals surface area contributed by atoms with Crippen LogP contribution < -0.4 is 10.5 Å². The van der Waals surface area contributed by atoms with Crippen LogP contribution in [-0.2, 0) is 9.47 Å². The number of ether oxygens (including phenoxy) is 3. The average molecular weight is 557 g/mol. The van der Waals surface area contributed by atoms with Gasteiger partial charge in [0.25, 0.3) is 0 Å². The lowest BCUT2D eigenvalue weighted by molar-refractivity contribution is 0.00569. The van der Waals surface area contributed by atoms with Crippen LogP contribution in [0.4, 0.5) is 10.6 Å². The maximum atomic E-state index is 13.0. The van der Waals surface area contributed by atoms with Gasteiger partial charge in [0.15, 0.2) is 12.4 Å². The molecule has 2 aliphatic rings. The minimum atomic E-state index is -0.518. The molecule has 5 heterocycles. The normalized spacial score (nSPS) is 20.4. The van der Waals surface area contributed by atoms with Crippen molar-refractivity contribution in [2.24, 2.45) is 0 Å². The number of methoxy groups -OCH3 is 1. The second-order valence-corrected chi connectivity index (χ2v) is 11.8. The number of carbonyl (C=O) groups excluding carboxylic acids is 1. The van der Waals surface area contributed by atoms with E-state index in [-0.39, 0.29) is 30.9 Å². The number of piperidine rings is 1. The highest BCUT2D eigenvalue weighted by Crippen LogP contribution is 2.44. The predicted molar refractivity (Wildman–Crippen MR) is 155 cm³/mol. The van der Waals surface area contributed by atoms with Crippen molar-refractivity contribution in [3.8, 4) is 28.1 Å². The largest absolute Gasteiger partial charge is 0.465 e. The average Bonchev–Trinajstić information content (AvgIpc) is 3.49. The van der Waals surface area contributed by atoms with E-state index < -0.39 is 5.60 Å². The summed E-state index contributed by atoms with van der Waals surface area (Å²) in [6.07, 6.45) is 6.94. The molecule has 2 fully saturated rings. The second kappa shape index (κ2) is 10.7. The van der Waals surface area contributed by atoms with Gasteiger partial charge in [0.2, 0.25) is 0 Å². The van der Waals surface area contributed by atoms with Crippen LogP contribution in [0.25, 0.3) is 28.0 Å². The number of benzene rings is 1. The van der Waals surface area contributed by atoms with Crippen molar-refractivity contribution < 1.29 is 19.0 Å². The fourth-order valence-corrected chi connectivity index (χ4v) is 6.09. The number of anilines is 1. The van der Waals surface area contributed by atoms with Gasteiger partial charge in [-0.15, -0.1) is 0 Å². The first-order valence-corrected chi connectivity index (χ1v) is 14.0. The highest BCUT2D eigenvalue weighted by molar-refractivity contribution is 5.80. The molecule has 214 valence electrons. The van der Waals surface area contributed by atoms with Crippen molar-refractivity contribution in [1.82, 2.24) is 24.5 Å². The number of nitrogens with zero attached hydrogens (tertiary/aromatic N) is 5. The van der Waals surface area contributed by atoms with Gasteiger partial charge < -0.3 is 24.8 Å². The molecule has 41 heavy (non-hydrogen) atoms. The topological polar surface area (TPSA) is 117 Å². The number of hydrogen-bond acceptors (Lipinski definition) is 8. The Morgan fingerprint density at radius 2 is 1.78 bits per heavy atom. The van der Waals surface area contributed by atoms with Gasteiger partial charge in [0.1, 0.15) is 22.9 Å². The smallest absolute Gasteiger partial charge is 0.410 e. The van der Waals surface area contributed by atoms with Crippen LogP contribution in [0.1, 0.15) is 58.1 Å². The van der Waals surface area contributed by atoms with Crippen molar-refractivity contribution in [3.05, 3.63) is 60.6 Å². The van der Waals surface area contributed by atoms with Crippen molar-refractivity contribution in [2.45, 2.75) is 70.1 Å². The number of amides is 1. The van der Waals surface area contributed by atoms with Crippen molar-refractivity contribution in [2.75, 3.05) is 19.6 Å². The number of nitrogens with two attached hydrogens (primary N) is 1. The SMILES string of the molecule is COCOc1cc(-c2cnn3c(N)cc(C4CC5CC[C@H](C4)N5C(=O)OC(C)(C)C)nc23)cnc1-c1ccccc1. The third-order valence-corrected chi connectivity index (χ3v) is 7.82. The lowest BCUT2D eigenvalue weighted by Gasteiger charge is -2.39. The van der Waals surface area contributed by atoms with Gasteiger partial charge in [-0.3, -0.25) is 4.98 Å².